The average Bonchev–Trinajstić information content (AvgIpc) is 3.07. The Morgan fingerprint density at radius 3 is 2.50 bits per heavy atom. The first-order valence-corrected chi connectivity index (χ1v) is 10.9. The molecule has 0 atom stereocenters. The molecule has 9 heteroatoms. The van der Waals surface area contributed by atoms with Crippen molar-refractivity contribution in [2.45, 2.75) is 18.7 Å². The highest BCUT2D eigenvalue weighted by molar-refractivity contribution is 7.89. The third-order valence-corrected chi connectivity index (χ3v) is 6.95. The minimum Gasteiger partial charge on any atom is -0.461 e. The number of carbonyl (C=O) groups excluding carboxylic acids is 1. The van der Waals surface area contributed by atoms with Crippen molar-refractivity contribution in [2.75, 3.05) is 37.7 Å². The molecular weight excluding hydrogens is 402 g/mol. The van der Waals surface area contributed by atoms with Gasteiger partial charge in [-0.1, -0.05) is 17.7 Å². The third kappa shape index (κ3) is 4.04. The van der Waals surface area contributed by atoms with Gasteiger partial charge in [0.1, 0.15) is 10.6 Å². The van der Waals surface area contributed by atoms with E-state index in [2.05, 4.69) is 4.90 Å². The maximum absolute atomic E-state index is 13.0. The highest BCUT2D eigenvalue weighted by atomic mass is 35.5. The predicted octanol–water partition coefficient (Wildman–Crippen LogP) is 2.67. The molecule has 1 aromatic carbocycles. The van der Waals surface area contributed by atoms with E-state index < -0.39 is 16.0 Å². The zero-order chi connectivity index (χ0) is 20.5. The van der Waals surface area contributed by atoms with Gasteiger partial charge < -0.3 is 14.2 Å². The van der Waals surface area contributed by atoms with Gasteiger partial charge in [-0.3, -0.25) is 0 Å². The summed E-state index contributed by atoms with van der Waals surface area (Å²) in [5, 5.41) is 0.659. The van der Waals surface area contributed by atoms with Gasteiger partial charge in [0.2, 0.25) is 10.0 Å². The zero-order valence-electron chi connectivity index (χ0n) is 16.2. The summed E-state index contributed by atoms with van der Waals surface area (Å²) in [4.78, 5) is 14.2. The molecule has 1 saturated heterocycles. The molecule has 0 amide bonds. The van der Waals surface area contributed by atoms with Crippen molar-refractivity contribution in [3.05, 3.63) is 46.7 Å². The van der Waals surface area contributed by atoms with E-state index in [1.165, 1.54) is 21.1 Å². The molecule has 2 aromatic rings. The Kier molecular flexibility index (Phi) is 6.02. The molecule has 3 rings (SSSR count). The van der Waals surface area contributed by atoms with E-state index in [1.807, 2.05) is 25.1 Å². The van der Waals surface area contributed by atoms with E-state index in [9.17, 15) is 13.2 Å². The third-order valence-electron chi connectivity index (χ3n) is 4.85. The summed E-state index contributed by atoms with van der Waals surface area (Å²) in [5.74, 6) is -0.535. The Morgan fingerprint density at radius 2 is 1.86 bits per heavy atom. The van der Waals surface area contributed by atoms with E-state index in [0.717, 1.165) is 11.3 Å². The van der Waals surface area contributed by atoms with Crippen LogP contribution in [0.5, 0.6) is 0 Å². The van der Waals surface area contributed by atoms with Crippen molar-refractivity contribution < 1.29 is 17.9 Å². The summed E-state index contributed by atoms with van der Waals surface area (Å²) in [6.07, 6.45) is 1.45. The van der Waals surface area contributed by atoms with Crippen LogP contribution in [0.3, 0.4) is 0 Å². The van der Waals surface area contributed by atoms with Crippen LogP contribution in [0.25, 0.3) is 0 Å². The van der Waals surface area contributed by atoms with Crippen LogP contribution in [0.1, 0.15) is 23.0 Å². The molecule has 1 aliphatic heterocycles. The first kappa shape index (κ1) is 20.7. The second-order valence-electron chi connectivity index (χ2n) is 6.71. The average molecular weight is 426 g/mol. The van der Waals surface area contributed by atoms with Gasteiger partial charge in [-0.05, 0) is 37.6 Å². The molecule has 0 spiro atoms. The number of halogens is 1. The molecule has 1 fully saturated rings. The number of carbonyl (C=O) groups is 1. The first-order chi connectivity index (χ1) is 13.2. The van der Waals surface area contributed by atoms with Crippen molar-refractivity contribution in [1.82, 2.24) is 8.87 Å². The quantitative estimate of drug-likeness (QED) is 0.689. The highest BCUT2D eigenvalue weighted by Gasteiger charge is 2.31. The number of rotatable bonds is 5. The molecule has 0 bridgehead atoms. The minimum absolute atomic E-state index is 0.102. The zero-order valence-corrected chi connectivity index (χ0v) is 17.8. The van der Waals surface area contributed by atoms with Gasteiger partial charge in [-0.15, -0.1) is 0 Å². The molecule has 28 heavy (non-hydrogen) atoms. The smallest absolute Gasteiger partial charge is 0.354 e. The molecule has 1 aromatic heterocycles. The largest absolute Gasteiger partial charge is 0.461 e. The van der Waals surface area contributed by atoms with Crippen LogP contribution >= 0.6 is 11.6 Å². The summed E-state index contributed by atoms with van der Waals surface area (Å²) in [5.41, 5.74) is 2.34. The van der Waals surface area contributed by atoms with Gasteiger partial charge in [0.25, 0.3) is 0 Å². The number of nitrogens with zero attached hydrogens (tertiary/aromatic N) is 3. The number of piperazine rings is 1. The maximum atomic E-state index is 13.0. The lowest BCUT2D eigenvalue weighted by Crippen LogP contribution is -2.48. The topological polar surface area (TPSA) is 71.8 Å². The number of esters is 1. The van der Waals surface area contributed by atoms with Gasteiger partial charge in [0, 0.05) is 50.1 Å². The van der Waals surface area contributed by atoms with Crippen LogP contribution in [0, 0.1) is 6.92 Å². The Labute approximate surface area is 170 Å². The molecule has 0 aliphatic carbocycles. The van der Waals surface area contributed by atoms with Crippen LogP contribution in [0.15, 0.2) is 35.4 Å². The lowest BCUT2D eigenvalue weighted by molar-refractivity contribution is 0.0515. The van der Waals surface area contributed by atoms with E-state index >= 15 is 0 Å². The molecule has 152 valence electrons. The number of hydrogen-bond acceptors (Lipinski definition) is 5. The molecule has 0 unspecified atom stereocenters. The van der Waals surface area contributed by atoms with Crippen LogP contribution in [-0.2, 0) is 21.8 Å². The minimum atomic E-state index is -3.68. The lowest BCUT2D eigenvalue weighted by atomic mass is 10.1. The fraction of sp³-hybridized carbons (Fsp3) is 0.421. The number of anilines is 1. The fourth-order valence-corrected chi connectivity index (χ4v) is 4.99. The molecule has 1 aliphatic rings. The normalized spacial score (nSPS) is 15.6. The fourth-order valence-electron chi connectivity index (χ4n) is 3.32. The number of hydrogen-bond donors (Lipinski definition) is 0. The van der Waals surface area contributed by atoms with E-state index in [4.69, 9.17) is 16.3 Å². The summed E-state index contributed by atoms with van der Waals surface area (Å²) in [7, 11) is -2.05. The number of aryl methyl sites for hydroxylation is 2. The Morgan fingerprint density at radius 1 is 1.18 bits per heavy atom. The second kappa shape index (κ2) is 8.14. The van der Waals surface area contributed by atoms with Crippen LogP contribution in [-0.4, -0.2) is 56.0 Å². The standard InChI is InChI=1S/C19H24ClN3O4S/c1-4-27-19(24)18-12-16(13-21(18)3)28(25,26)23-9-7-22(8-10-23)17-11-15(20)6-5-14(17)2/h5-6,11-13H,4,7-10H2,1-3H3. The highest BCUT2D eigenvalue weighted by Crippen LogP contribution is 2.27. The molecular formula is C19H24ClN3O4S. The number of benzene rings is 1. The van der Waals surface area contributed by atoms with Crippen molar-refractivity contribution >= 4 is 33.3 Å². The Balaban J connectivity index is 1.75. The SMILES string of the molecule is CCOC(=O)c1cc(S(=O)(=O)N2CCN(c3cc(Cl)ccc3C)CC2)cn1C. The van der Waals surface area contributed by atoms with Crippen LogP contribution in [0.2, 0.25) is 5.02 Å². The summed E-state index contributed by atoms with van der Waals surface area (Å²) in [6.45, 7) is 5.80. The number of sulfonamides is 1. The Hall–Kier alpha value is -2.03. The lowest BCUT2D eigenvalue weighted by Gasteiger charge is -2.36. The first-order valence-electron chi connectivity index (χ1n) is 9.08. The number of ether oxygens (including phenoxy) is 1. The number of aromatic nitrogens is 1. The van der Waals surface area contributed by atoms with Crippen molar-refractivity contribution in [3.8, 4) is 0 Å². The molecule has 2 heterocycles. The second-order valence-corrected chi connectivity index (χ2v) is 9.09. The van der Waals surface area contributed by atoms with Gasteiger partial charge in [0.15, 0.2) is 0 Å². The maximum Gasteiger partial charge on any atom is 0.354 e. The van der Waals surface area contributed by atoms with Crippen molar-refractivity contribution in [2.24, 2.45) is 7.05 Å². The predicted molar refractivity (Wildman–Crippen MR) is 109 cm³/mol. The summed E-state index contributed by atoms with van der Waals surface area (Å²) in [6, 6.07) is 7.09. The molecule has 7 nitrogen and oxygen atoms in total. The van der Waals surface area contributed by atoms with Crippen LogP contribution < -0.4 is 4.90 Å². The van der Waals surface area contributed by atoms with Gasteiger partial charge >= 0.3 is 5.97 Å². The van der Waals surface area contributed by atoms with Gasteiger partial charge in [-0.25, -0.2) is 13.2 Å². The summed E-state index contributed by atoms with van der Waals surface area (Å²) >= 11 is 6.11. The van der Waals surface area contributed by atoms with Gasteiger partial charge in [-0.2, -0.15) is 4.31 Å². The summed E-state index contributed by atoms with van der Waals surface area (Å²) < 4.78 is 33.9. The van der Waals surface area contributed by atoms with E-state index in [1.54, 1.807) is 14.0 Å². The molecule has 0 radical (unpaired) electrons. The van der Waals surface area contributed by atoms with Gasteiger partial charge in [0.05, 0.1) is 6.61 Å². The molecule has 0 saturated carbocycles. The molecule has 0 N–H and O–H groups in total. The van der Waals surface area contributed by atoms with Crippen molar-refractivity contribution in [3.63, 3.8) is 0 Å². The van der Waals surface area contributed by atoms with Crippen LogP contribution in [0.4, 0.5) is 5.69 Å². The van der Waals surface area contributed by atoms with E-state index in [-0.39, 0.29) is 17.2 Å². The Bertz CT molecular complexity index is 979. The monoisotopic (exact) mass is 425 g/mol. The van der Waals surface area contributed by atoms with E-state index in [0.29, 0.717) is 31.2 Å². The van der Waals surface area contributed by atoms with Crippen molar-refractivity contribution in [1.29, 1.82) is 0 Å².